The van der Waals surface area contributed by atoms with Crippen LogP contribution in [-0.4, -0.2) is 33.2 Å². The van der Waals surface area contributed by atoms with Crippen molar-refractivity contribution in [1.29, 1.82) is 0 Å². The van der Waals surface area contributed by atoms with E-state index in [0.29, 0.717) is 10.8 Å². The van der Waals surface area contributed by atoms with Crippen molar-refractivity contribution in [2.45, 2.75) is 19.4 Å². The highest BCUT2D eigenvalue weighted by molar-refractivity contribution is 7.13. The Hall–Kier alpha value is -1.63. The van der Waals surface area contributed by atoms with E-state index in [2.05, 4.69) is 10.3 Å². The monoisotopic (exact) mass is 230 g/mol. The van der Waals surface area contributed by atoms with Gasteiger partial charge in [-0.05, 0) is 6.92 Å². The number of thiazole rings is 1. The molecule has 0 bridgehead atoms. The van der Waals surface area contributed by atoms with Gasteiger partial charge in [-0.3, -0.25) is 9.59 Å². The van der Waals surface area contributed by atoms with Crippen LogP contribution in [0, 0.1) is 0 Å². The van der Waals surface area contributed by atoms with Crippen LogP contribution in [0.15, 0.2) is 5.38 Å². The second kappa shape index (κ2) is 4.74. The lowest BCUT2D eigenvalue weighted by atomic mass is 10.3. The van der Waals surface area contributed by atoms with Gasteiger partial charge in [0.1, 0.15) is 6.04 Å². The zero-order valence-electron chi connectivity index (χ0n) is 7.93. The minimum Gasteiger partial charge on any atom is -0.481 e. The fraction of sp³-hybridized carbons (Fsp3) is 0.375. The van der Waals surface area contributed by atoms with E-state index in [1.807, 2.05) is 0 Å². The molecule has 1 heterocycles. The molecule has 0 aliphatic heterocycles. The van der Waals surface area contributed by atoms with Crippen LogP contribution < -0.4 is 5.32 Å². The van der Waals surface area contributed by atoms with Gasteiger partial charge in [-0.1, -0.05) is 0 Å². The minimum atomic E-state index is -0.981. The molecule has 6 nitrogen and oxygen atoms in total. The molecule has 1 rings (SSSR count). The van der Waals surface area contributed by atoms with Crippen molar-refractivity contribution in [1.82, 2.24) is 4.98 Å². The van der Waals surface area contributed by atoms with Crippen molar-refractivity contribution in [3.8, 4) is 0 Å². The van der Waals surface area contributed by atoms with Gasteiger partial charge in [0.2, 0.25) is 0 Å². The summed E-state index contributed by atoms with van der Waals surface area (Å²) in [4.78, 5) is 24.8. The summed E-state index contributed by atoms with van der Waals surface area (Å²) in [6.45, 7) is 1.49. The highest BCUT2D eigenvalue weighted by Crippen LogP contribution is 2.16. The zero-order chi connectivity index (χ0) is 11.4. The van der Waals surface area contributed by atoms with Gasteiger partial charge >= 0.3 is 11.9 Å². The predicted octanol–water partition coefficient (Wildman–Crippen LogP) is 0.655. The highest BCUT2D eigenvalue weighted by Gasteiger charge is 2.12. The number of carboxylic acids is 2. The lowest BCUT2D eigenvalue weighted by Crippen LogP contribution is -2.25. The summed E-state index contributed by atoms with van der Waals surface area (Å²) in [6.07, 6.45) is -0.153. The molecule has 3 N–H and O–H groups in total. The first-order valence-electron chi connectivity index (χ1n) is 4.14. The molecule has 15 heavy (non-hydrogen) atoms. The molecule has 0 aliphatic carbocycles. The number of anilines is 1. The van der Waals surface area contributed by atoms with Crippen molar-refractivity contribution in [3.05, 3.63) is 11.1 Å². The molecule has 1 unspecified atom stereocenters. The van der Waals surface area contributed by atoms with Crippen LogP contribution in [0.1, 0.15) is 12.6 Å². The van der Waals surface area contributed by atoms with E-state index in [4.69, 9.17) is 10.2 Å². The molecule has 1 aromatic heterocycles. The van der Waals surface area contributed by atoms with E-state index in [9.17, 15) is 9.59 Å². The lowest BCUT2D eigenvalue weighted by Gasteiger charge is -2.05. The first-order chi connectivity index (χ1) is 6.99. The molecular weight excluding hydrogens is 220 g/mol. The van der Waals surface area contributed by atoms with Crippen LogP contribution in [0.5, 0.6) is 0 Å². The standard InChI is InChI=1S/C8H10N2O4S/c1-4(7(13)14)9-8-10-5(3-15-8)2-6(11)12/h3-4H,2H2,1H3,(H,9,10)(H,11,12)(H,13,14). The Morgan fingerprint density at radius 2 is 2.27 bits per heavy atom. The summed E-state index contributed by atoms with van der Waals surface area (Å²) in [6, 6.07) is -0.742. The molecule has 0 aliphatic rings. The quantitative estimate of drug-likeness (QED) is 0.687. The number of hydrogen-bond acceptors (Lipinski definition) is 5. The van der Waals surface area contributed by atoms with E-state index >= 15 is 0 Å². The number of carboxylic acid groups (broad SMARTS) is 2. The second-order valence-electron chi connectivity index (χ2n) is 2.92. The number of nitrogens with zero attached hydrogens (tertiary/aromatic N) is 1. The second-order valence-corrected chi connectivity index (χ2v) is 3.78. The van der Waals surface area contributed by atoms with Crippen LogP contribution >= 0.6 is 11.3 Å². The molecule has 0 aromatic carbocycles. The Labute approximate surface area is 89.6 Å². The summed E-state index contributed by atoms with van der Waals surface area (Å²) < 4.78 is 0. The van der Waals surface area contributed by atoms with Gasteiger partial charge in [0.15, 0.2) is 5.13 Å². The third-order valence-electron chi connectivity index (χ3n) is 1.59. The van der Waals surface area contributed by atoms with E-state index < -0.39 is 18.0 Å². The summed E-state index contributed by atoms with van der Waals surface area (Å²) >= 11 is 1.19. The molecule has 0 amide bonds. The number of nitrogens with one attached hydrogen (secondary N) is 1. The van der Waals surface area contributed by atoms with Crippen molar-refractivity contribution >= 4 is 28.4 Å². The van der Waals surface area contributed by atoms with Gasteiger partial charge in [-0.15, -0.1) is 11.3 Å². The number of rotatable bonds is 5. The van der Waals surface area contributed by atoms with Crippen LogP contribution in [0.25, 0.3) is 0 Å². The van der Waals surface area contributed by atoms with Gasteiger partial charge in [0.25, 0.3) is 0 Å². The maximum absolute atomic E-state index is 10.5. The average molecular weight is 230 g/mol. The topological polar surface area (TPSA) is 99.5 Å². The molecule has 0 saturated heterocycles. The normalized spacial score (nSPS) is 12.1. The number of aromatic nitrogens is 1. The van der Waals surface area contributed by atoms with E-state index in [1.54, 1.807) is 5.38 Å². The first-order valence-corrected chi connectivity index (χ1v) is 5.02. The van der Waals surface area contributed by atoms with Crippen LogP contribution in [0.4, 0.5) is 5.13 Å². The van der Waals surface area contributed by atoms with Gasteiger partial charge in [-0.2, -0.15) is 0 Å². The van der Waals surface area contributed by atoms with Gasteiger partial charge in [0.05, 0.1) is 12.1 Å². The molecule has 1 atom stereocenters. The fourth-order valence-corrected chi connectivity index (χ4v) is 1.65. The molecule has 7 heteroatoms. The number of carbonyl (C=O) groups is 2. The van der Waals surface area contributed by atoms with Crippen molar-refractivity contribution < 1.29 is 19.8 Å². The predicted molar refractivity (Wildman–Crippen MR) is 54.2 cm³/mol. The third-order valence-corrected chi connectivity index (χ3v) is 2.42. The molecule has 1 aromatic rings. The Morgan fingerprint density at radius 3 is 2.80 bits per heavy atom. The van der Waals surface area contributed by atoms with Crippen LogP contribution in [0.2, 0.25) is 0 Å². The molecular formula is C8H10N2O4S. The number of aliphatic carboxylic acids is 2. The average Bonchev–Trinajstić information content (AvgIpc) is 2.51. The summed E-state index contributed by atoms with van der Waals surface area (Å²) in [7, 11) is 0. The Morgan fingerprint density at radius 1 is 1.60 bits per heavy atom. The van der Waals surface area contributed by atoms with E-state index in [1.165, 1.54) is 18.3 Å². The van der Waals surface area contributed by atoms with Crippen LogP contribution in [0.3, 0.4) is 0 Å². The Kier molecular flexibility index (Phi) is 3.62. The minimum absolute atomic E-state index is 0.153. The smallest absolute Gasteiger partial charge is 0.325 e. The highest BCUT2D eigenvalue weighted by atomic mass is 32.1. The third kappa shape index (κ3) is 3.55. The summed E-state index contributed by atoms with van der Waals surface area (Å²) in [5, 5.41) is 21.8. The van der Waals surface area contributed by atoms with Crippen molar-refractivity contribution in [3.63, 3.8) is 0 Å². The van der Waals surface area contributed by atoms with Crippen molar-refractivity contribution in [2.24, 2.45) is 0 Å². The maximum Gasteiger partial charge on any atom is 0.325 e. The maximum atomic E-state index is 10.5. The molecule has 82 valence electrons. The van der Waals surface area contributed by atoms with Crippen molar-refractivity contribution in [2.75, 3.05) is 5.32 Å². The summed E-state index contributed by atoms with van der Waals surface area (Å²) in [5.41, 5.74) is 0.424. The molecule has 0 spiro atoms. The zero-order valence-corrected chi connectivity index (χ0v) is 8.74. The number of hydrogen-bond donors (Lipinski definition) is 3. The molecule has 0 radical (unpaired) electrons. The van der Waals surface area contributed by atoms with E-state index in [-0.39, 0.29) is 6.42 Å². The molecule has 0 saturated carbocycles. The Balaban J connectivity index is 2.60. The van der Waals surface area contributed by atoms with Gasteiger partial charge in [-0.25, -0.2) is 4.98 Å². The Bertz CT molecular complexity index is 376. The summed E-state index contributed by atoms with van der Waals surface area (Å²) in [5.74, 6) is -1.94. The van der Waals surface area contributed by atoms with Gasteiger partial charge in [0, 0.05) is 5.38 Å². The SMILES string of the molecule is CC(Nc1nc(CC(=O)O)cs1)C(=O)O. The fourth-order valence-electron chi connectivity index (χ4n) is 0.856. The lowest BCUT2D eigenvalue weighted by molar-refractivity contribution is -0.138. The van der Waals surface area contributed by atoms with Crippen LogP contribution in [-0.2, 0) is 16.0 Å². The van der Waals surface area contributed by atoms with Gasteiger partial charge < -0.3 is 15.5 Å². The first kappa shape index (κ1) is 11.4. The van der Waals surface area contributed by atoms with E-state index in [0.717, 1.165) is 0 Å². The molecule has 0 fully saturated rings. The largest absolute Gasteiger partial charge is 0.481 e.